The van der Waals surface area contributed by atoms with Gasteiger partial charge >= 0.3 is 0 Å². The van der Waals surface area contributed by atoms with Crippen LogP contribution in [-0.4, -0.2) is 52.2 Å². The molecule has 2 aliphatic rings. The zero-order valence-corrected chi connectivity index (χ0v) is 13.7. The van der Waals surface area contributed by atoms with E-state index < -0.39 is 6.10 Å². The lowest BCUT2D eigenvalue weighted by Crippen LogP contribution is -2.47. The molecule has 1 aromatic carbocycles. The summed E-state index contributed by atoms with van der Waals surface area (Å²) < 4.78 is 0. The normalized spacial score (nSPS) is 27.6. The molecule has 0 bridgehead atoms. The molecule has 2 aromatic rings. The average Bonchev–Trinajstić information content (AvgIpc) is 3.25. The van der Waals surface area contributed by atoms with Crippen molar-refractivity contribution < 1.29 is 9.90 Å². The summed E-state index contributed by atoms with van der Waals surface area (Å²) in [5.41, 5.74) is 0.435. The maximum Gasteiger partial charge on any atom is 0.270 e. The van der Waals surface area contributed by atoms with Crippen molar-refractivity contribution in [2.75, 3.05) is 13.1 Å². The lowest BCUT2D eigenvalue weighted by Gasteiger charge is -2.28. The Kier molecular flexibility index (Phi) is 4.21. The number of likely N-dealkylation sites (tertiary alicyclic amines) is 1. The summed E-state index contributed by atoms with van der Waals surface area (Å²) in [7, 11) is 0. The molecule has 0 spiro atoms. The molecule has 1 amide bonds. The molecule has 1 saturated carbocycles. The van der Waals surface area contributed by atoms with Crippen LogP contribution in [0.5, 0.6) is 0 Å². The number of hydrogen-bond acceptors (Lipinski definition) is 4. The fraction of sp³-hybridized carbons (Fsp3) is 0.474. The smallest absolute Gasteiger partial charge is 0.270 e. The standard InChI is InChI=1S/C19H23N3O2/c23-18-15(7-8-16(18)22-11-3-4-12-22)21-19(24)17-14-6-2-1-5-13(14)9-10-20-17/h1-2,5-6,9-10,15-16,18,23H,3-4,7-8,11-12H2,(H,21,24)/t15-,16-,18-/m1/s1. The Morgan fingerprint density at radius 1 is 1.17 bits per heavy atom. The van der Waals surface area contributed by atoms with Crippen LogP contribution in [0.25, 0.3) is 10.8 Å². The number of amides is 1. The van der Waals surface area contributed by atoms with Crippen molar-refractivity contribution in [1.82, 2.24) is 15.2 Å². The van der Waals surface area contributed by atoms with E-state index in [-0.39, 0.29) is 18.0 Å². The molecule has 5 heteroatoms. The summed E-state index contributed by atoms with van der Waals surface area (Å²) in [6.07, 6.45) is 5.34. The van der Waals surface area contributed by atoms with E-state index in [2.05, 4.69) is 15.2 Å². The minimum Gasteiger partial charge on any atom is -0.389 e. The Bertz CT molecular complexity index is 737. The number of benzene rings is 1. The third kappa shape index (κ3) is 2.78. The van der Waals surface area contributed by atoms with Crippen molar-refractivity contribution in [2.45, 2.75) is 43.9 Å². The number of aliphatic hydroxyl groups excluding tert-OH is 1. The highest BCUT2D eigenvalue weighted by Gasteiger charge is 2.39. The van der Waals surface area contributed by atoms with Crippen molar-refractivity contribution in [3.05, 3.63) is 42.2 Å². The van der Waals surface area contributed by atoms with E-state index in [0.29, 0.717) is 5.69 Å². The van der Waals surface area contributed by atoms with Gasteiger partial charge in [0.25, 0.3) is 5.91 Å². The first-order valence-corrected chi connectivity index (χ1v) is 8.81. The Labute approximate surface area is 141 Å². The Hall–Kier alpha value is -1.98. The number of aliphatic hydroxyl groups is 1. The molecule has 2 N–H and O–H groups in total. The monoisotopic (exact) mass is 325 g/mol. The van der Waals surface area contributed by atoms with Gasteiger partial charge in [-0.15, -0.1) is 0 Å². The molecule has 126 valence electrons. The number of carbonyl (C=O) groups excluding carboxylic acids is 1. The van der Waals surface area contributed by atoms with Crippen molar-refractivity contribution in [1.29, 1.82) is 0 Å². The molecule has 2 heterocycles. The van der Waals surface area contributed by atoms with Crippen LogP contribution in [0.15, 0.2) is 36.5 Å². The molecule has 1 aliphatic heterocycles. The van der Waals surface area contributed by atoms with Gasteiger partial charge in [0.15, 0.2) is 0 Å². The SMILES string of the molecule is O=C(N[C@@H]1CC[C@@H](N2CCCC2)[C@@H]1O)c1nccc2ccccc12. The number of pyridine rings is 1. The van der Waals surface area contributed by atoms with Crippen LogP contribution in [0.2, 0.25) is 0 Å². The molecular formula is C19H23N3O2. The van der Waals surface area contributed by atoms with E-state index in [1.807, 2.05) is 30.3 Å². The van der Waals surface area contributed by atoms with Gasteiger partial charge in [-0.05, 0) is 50.2 Å². The van der Waals surface area contributed by atoms with E-state index in [0.717, 1.165) is 36.7 Å². The Morgan fingerprint density at radius 3 is 2.79 bits per heavy atom. The molecule has 3 atom stereocenters. The van der Waals surface area contributed by atoms with Gasteiger partial charge in [0, 0.05) is 17.6 Å². The van der Waals surface area contributed by atoms with E-state index in [1.165, 1.54) is 12.8 Å². The van der Waals surface area contributed by atoms with Gasteiger partial charge in [0.1, 0.15) is 5.69 Å². The van der Waals surface area contributed by atoms with Gasteiger partial charge in [-0.1, -0.05) is 24.3 Å². The maximum atomic E-state index is 12.7. The molecule has 0 unspecified atom stereocenters. The zero-order valence-electron chi connectivity index (χ0n) is 13.7. The van der Waals surface area contributed by atoms with Gasteiger partial charge in [-0.25, -0.2) is 0 Å². The van der Waals surface area contributed by atoms with Crippen LogP contribution < -0.4 is 5.32 Å². The first kappa shape index (κ1) is 15.5. The molecule has 1 saturated heterocycles. The first-order chi connectivity index (χ1) is 11.7. The van der Waals surface area contributed by atoms with Crippen LogP contribution in [0.4, 0.5) is 0 Å². The number of carbonyl (C=O) groups is 1. The molecule has 4 rings (SSSR count). The van der Waals surface area contributed by atoms with Crippen LogP contribution in [0, 0.1) is 0 Å². The van der Waals surface area contributed by atoms with Crippen LogP contribution in [0.1, 0.15) is 36.2 Å². The second-order valence-electron chi connectivity index (χ2n) is 6.84. The van der Waals surface area contributed by atoms with Crippen molar-refractivity contribution in [3.8, 4) is 0 Å². The third-order valence-electron chi connectivity index (χ3n) is 5.39. The highest BCUT2D eigenvalue weighted by atomic mass is 16.3. The summed E-state index contributed by atoms with van der Waals surface area (Å²) in [5.74, 6) is -0.196. The Balaban J connectivity index is 1.50. The lowest BCUT2D eigenvalue weighted by atomic mass is 10.1. The van der Waals surface area contributed by atoms with E-state index in [9.17, 15) is 9.90 Å². The summed E-state index contributed by atoms with van der Waals surface area (Å²) in [6.45, 7) is 2.13. The molecule has 5 nitrogen and oxygen atoms in total. The molecular weight excluding hydrogens is 302 g/mol. The van der Waals surface area contributed by atoms with Crippen LogP contribution in [0.3, 0.4) is 0 Å². The second kappa shape index (κ2) is 6.49. The van der Waals surface area contributed by atoms with Gasteiger partial charge in [0.2, 0.25) is 0 Å². The average molecular weight is 325 g/mol. The first-order valence-electron chi connectivity index (χ1n) is 8.81. The van der Waals surface area contributed by atoms with Crippen molar-refractivity contribution >= 4 is 16.7 Å². The predicted molar refractivity (Wildman–Crippen MR) is 92.8 cm³/mol. The number of rotatable bonds is 3. The van der Waals surface area contributed by atoms with Crippen LogP contribution in [-0.2, 0) is 0 Å². The van der Waals surface area contributed by atoms with Gasteiger partial charge in [0.05, 0.1) is 12.1 Å². The minimum atomic E-state index is -0.498. The van der Waals surface area contributed by atoms with E-state index in [4.69, 9.17) is 0 Å². The number of aromatic nitrogens is 1. The van der Waals surface area contributed by atoms with Gasteiger partial charge in [-0.2, -0.15) is 0 Å². The predicted octanol–water partition coefficient (Wildman–Crippen LogP) is 1.95. The van der Waals surface area contributed by atoms with Gasteiger partial charge < -0.3 is 10.4 Å². The molecule has 1 aliphatic carbocycles. The molecule has 2 fully saturated rings. The highest BCUT2D eigenvalue weighted by molar-refractivity contribution is 6.05. The molecule has 0 radical (unpaired) electrons. The van der Waals surface area contributed by atoms with Crippen molar-refractivity contribution in [3.63, 3.8) is 0 Å². The molecule has 24 heavy (non-hydrogen) atoms. The topological polar surface area (TPSA) is 65.5 Å². The summed E-state index contributed by atoms with van der Waals surface area (Å²) in [5, 5.41) is 15.5. The highest BCUT2D eigenvalue weighted by Crippen LogP contribution is 2.28. The van der Waals surface area contributed by atoms with Gasteiger partial charge in [-0.3, -0.25) is 14.7 Å². The number of nitrogens with one attached hydrogen (secondary N) is 1. The number of fused-ring (bicyclic) bond motifs is 1. The number of hydrogen-bond donors (Lipinski definition) is 2. The number of nitrogens with zero attached hydrogens (tertiary/aromatic N) is 2. The maximum absolute atomic E-state index is 12.7. The molecule has 1 aromatic heterocycles. The fourth-order valence-corrected chi connectivity index (χ4v) is 4.13. The Morgan fingerprint density at radius 2 is 1.96 bits per heavy atom. The van der Waals surface area contributed by atoms with E-state index >= 15 is 0 Å². The summed E-state index contributed by atoms with van der Waals surface area (Å²) >= 11 is 0. The second-order valence-corrected chi connectivity index (χ2v) is 6.84. The minimum absolute atomic E-state index is 0.179. The van der Waals surface area contributed by atoms with Crippen molar-refractivity contribution in [2.24, 2.45) is 0 Å². The largest absolute Gasteiger partial charge is 0.389 e. The zero-order chi connectivity index (χ0) is 16.5. The summed E-state index contributed by atoms with van der Waals surface area (Å²) in [4.78, 5) is 19.3. The third-order valence-corrected chi connectivity index (χ3v) is 5.39. The summed E-state index contributed by atoms with van der Waals surface area (Å²) in [6, 6.07) is 9.64. The quantitative estimate of drug-likeness (QED) is 0.905. The van der Waals surface area contributed by atoms with Crippen LogP contribution >= 0.6 is 0 Å². The van der Waals surface area contributed by atoms with E-state index in [1.54, 1.807) is 6.20 Å². The lowest BCUT2D eigenvalue weighted by molar-refractivity contribution is 0.0618. The fourth-order valence-electron chi connectivity index (χ4n) is 4.13.